The van der Waals surface area contributed by atoms with Crippen LogP contribution in [0.15, 0.2) is 54.7 Å². The fourth-order valence-corrected chi connectivity index (χ4v) is 2.91. The number of aryl methyl sites for hydroxylation is 1. The fraction of sp³-hybridized carbons (Fsp3) is 0.238. The zero-order valence-electron chi connectivity index (χ0n) is 14.8. The van der Waals surface area contributed by atoms with Crippen molar-refractivity contribution in [3.8, 4) is 0 Å². The van der Waals surface area contributed by atoms with Gasteiger partial charge in [-0.2, -0.15) is 0 Å². The third-order valence-corrected chi connectivity index (χ3v) is 4.36. The summed E-state index contributed by atoms with van der Waals surface area (Å²) in [5.74, 6) is -0.577. The SMILES string of the molecule is CCc1ccc(NC(=O)CC(=O)NCCc2c[nH]c3ccccc23)cc1. The van der Waals surface area contributed by atoms with E-state index in [-0.39, 0.29) is 18.2 Å². The molecule has 0 unspecified atom stereocenters. The second kappa shape index (κ2) is 8.34. The molecule has 134 valence electrons. The van der Waals surface area contributed by atoms with E-state index in [2.05, 4.69) is 28.6 Å². The topological polar surface area (TPSA) is 74.0 Å². The van der Waals surface area contributed by atoms with Crippen LogP contribution in [0.2, 0.25) is 0 Å². The second-order valence-corrected chi connectivity index (χ2v) is 6.23. The first-order chi connectivity index (χ1) is 12.7. The molecule has 3 N–H and O–H groups in total. The van der Waals surface area contributed by atoms with Crippen molar-refractivity contribution in [1.82, 2.24) is 10.3 Å². The predicted octanol–water partition coefficient (Wildman–Crippen LogP) is 3.42. The van der Waals surface area contributed by atoms with Crippen molar-refractivity contribution in [2.75, 3.05) is 11.9 Å². The normalized spacial score (nSPS) is 10.7. The Labute approximate surface area is 152 Å². The van der Waals surface area contributed by atoms with E-state index in [0.717, 1.165) is 29.3 Å². The molecule has 0 aliphatic carbocycles. The van der Waals surface area contributed by atoms with E-state index in [1.165, 1.54) is 5.56 Å². The van der Waals surface area contributed by atoms with Gasteiger partial charge < -0.3 is 15.6 Å². The third kappa shape index (κ3) is 4.51. The van der Waals surface area contributed by atoms with Gasteiger partial charge in [0.05, 0.1) is 0 Å². The maximum absolute atomic E-state index is 12.0. The van der Waals surface area contributed by atoms with Gasteiger partial charge in [-0.15, -0.1) is 0 Å². The number of anilines is 1. The summed E-state index contributed by atoms with van der Waals surface area (Å²) in [6.45, 7) is 2.58. The summed E-state index contributed by atoms with van der Waals surface area (Å²) < 4.78 is 0. The van der Waals surface area contributed by atoms with E-state index in [4.69, 9.17) is 0 Å². The maximum atomic E-state index is 12.0. The number of H-pyrrole nitrogens is 1. The van der Waals surface area contributed by atoms with Crippen LogP contribution in [0.3, 0.4) is 0 Å². The number of amides is 2. The summed E-state index contributed by atoms with van der Waals surface area (Å²) in [4.78, 5) is 27.1. The third-order valence-electron chi connectivity index (χ3n) is 4.36. The van der Waals surface area contributed by atoms with Crippen molar-refractivity contribution < 1.29 is 9.59 Å². The van der Waals surface area contributed by atoms with Crippen LogP contribution in [0.4, 0.5) is 5.69 Å². The lowest BCUT2D eigenvalue weighted by molar-refractivity contribution is -0.126. The summed E-state index contributed by atoms with van der Waals surface area (Å²) in [7, 11) is 0. The highest BCUT2D eigenvalue weighted by atomic mass is 16.2. The number of hydrogen-bond donors (Lipinski definition) is 3. The Morgan fingerprint density at radius 1 is 1.00 bits per heavy atom. The van der Waals surface area contributed by atoms with E-state index >= 15 is 0 Å². The lowest BCUT2D eigenvalue weighted by Gasteiger charge is -2.07. The molecule has 1 aromatic heterocycles. The Kier molecular flexibility index (Phi) is 5.69. The van der Waals surface area contributed by atoms with E-state index < -0.39 is 0 Å². The monoisotopic (exact) mass is 349 g/mol. The van der Waals surface area contributed by atoms with E-state index in [0.29, 0.717) is 12.2 Å². The van der Waals surface area contributed by atoms with Crippen molar-refractivity contribution in [2.24, 2.45) is 0 Å². The van der Waals surface area contributed by atoms with Crippen molar-refractivity contribution in [3.63, 3.8) is 0 Å². The van der Waals surface area contributed by atoms with Crippen LogP contribution in [0.5, 0.6) is 0 Å². The molecule has 0 aliphatic rings. The van der Waals surface area contributed by atoms with E-state index in [1.807, 2.05) is 48.7 Å². The molecule has 5 heteroatoms. The Bertz CT molecular complexity index is 897. The smallest absolute Gasteiger partial charge is 0.233 e. The summed E-state index contributed by atoms with van der Waals surface area (Å²) in [5.41, 5.74) is 4.15. The van der Waals surface area contributed by atoms with Gasteiger partial charge in [0.25, 0.3) is 0 Å². The number of aromatic nitrogens is 1. The molecule has 0 fully saturated rings. The van der Waals surface area contributed by atoms with Crippen molar-refractivity contribution in [1.29, 1.82) is 0 Å². The number of carbonyl (C=O) groups is 2. The van der Waals surface area contributed by atoms with Crippen molar-refractivity contribution in [3.05, 3.63) is 65.9 Å². The van der Waals surface area contributed by atoms with Crippen LogP contribution in [0.1, 0.15) is 24.5 Å². The van der Waals surface area contributed by atoms with Crippen LogP contribution in [0, 0.1) is 0 Å². The van der Waals surface area contributed by atoms with Crippen LogP contribution < -0.4 is 10.6 Å². The van der Waals surface area contributed by atoms with Crippen LogP contribution in [0.25, 0.3) is 10.9 Å². The Hall–Kier alpha value is -3.08. The molecule has 1 heterocycles. The van der Waals surface area contributed by atoms with Gasteiger partial charge in [-0.1, -0.05) is 37.3 Å². The lowest BCUT2D eigenvalue weighted by Crippen LogP contribution is -2.29. The molecule has 0 radical (unpaired) electrons. The average molecular weight is 349 g/mol. The average Bonchev–Trinajstić information content (AvgIpc) is 3.05. The molecular weight excluding hydrogens is 326 g/mol. The molecule has 3 rings (SSSR count). The lowest BCUT2D eigenvalue weighted by atomic mass is 10.1. The van der Waals surface area contributed by atoms with Crippen LogP contribution in [-0.2, 0) is 22.4 Å². The number of para-hydroxylation sites is 1. The highest BCUT2D eigenvalue weighted by molar-refractivity contribution is 6.03. The molecule has 0 bridgehead atoms. The molecule has 5 nitrogen and oxygen atoms in total. The maximum Gasteiger partial charge on any atom is 0.233 e. The standard InChI is InChI=1S/C21H23N3O2/c1-2-15-7-9-17(10-8-15)24-21(26)13-20(25)22-12-11-16-14-23-19-6-4-3-5-18(16)19/h3-10,14,23H,2,11-13H2,1H3,(H,22,25)(H,24,26). The van der Waals surface area contributed by atoms with Gasteiger partial charge in [0.1, 0.15) is 6.42 Å². The number of hydrogen-bond acceptors (Lipinski definition) is 2. The molecule has 3 aromatic rings. The van der Waals surface area contributed by atoms with Crippen LogP contribution >= 0.6 is 0 Å². The molecule has 2 amide bonds. The molecule has 0 saturated carbocycles. The summed E-state index contributed by atoms with van der Waals surface area (Å²) in [6, 6.07) is 15.7. The molecule has 0 saturated heterocycles. The minimum absolute atomic E-state index is 0.177. The minimum atomic E-state index is -0.307. The highest BCUT2D eigenvalue weighted by Gasteiger charge is 2.10. The first-order valence-electron chi connectivity index (χ1n) is 8.86. The Morgan fingerprint density at radius 2 is 1.77 bits per heavy atom. The first kappa shape index (κ1) is 17.7. The Balaban J connectivity index is 1.44. The fourth-order valence-electron chi connectivity index (χ4n) is 2.91. The summed E-state index contributed by atoms with van der Waals surface area (Å²) >= 11 is 0. The zero-order chi connectivity index (χ0) is 18.4. The quantitative estimate of drug-likeness (QED) is 0.572. The van der Waals surface area contributed by atoms with Gasteiger partial charge >= 0.3 is 0 Å². The predicted molar refractivity (Wildman–Crippen MR) is 104 cm³/mol. The number of benzene rings is 2. The van der Waals surface area contributed by atoms with Gasteiger partial charge in [-0.25, -0.2) is 0 Å². The second-order valence-electron chi connectivity index (χ2n) is 6.23. The highest BCUT2D eigenvalue weighted by Crippen LogP contribution is 2.17. The summed E-state index contributed by atoms with van der Waals surface area (Å²) in [5, 5.41) is 6.72. The van der Waals surface area contributed by atoms with Gasteiger partial charge in [-0.05, 0) is 42.2 Å². The van der Waals surface area contributed by atoms with Crippen LogP contribution in [-0.4, -0.2) is 23.3 Å². The van der Waals surface area contributed by atoms with E-state index in [1.54, 1.807) is 0 Å². The number of aromatic amines is 1. The van der Waals surface area contributed by atoms with Crippen molar-refractivity contribution >= 4 is 28.4 Å². The van der Waals surface area contributed by atoms with E-state index in [9.17, 15) is 9.59 Å². The minimum Gasteiger partial charge on any atom is -0.361 e. The van der Waals surface area contributed by atoms with Gasteiger partial charge in [0.2, 0.25) is 11.8 Å². The first-order valence-corrected chi connectivity index (χ1v) is 8.86. The molecule has 0 spiro atoms. The molecule has 0 aliphatic heterocycles. The molecule has 2 aromatic carbocycles. The largest absolute Gasteiger partial charge is 0.361 e. The molecular formula is C21H23N3O2. The number of fused-ring (bicyclic) bond motifs is 1. The number of rotatable bonds is 7. The van der Waals surface area contributed by atoms with Crippen molar-refractivity contribution in [2.45, 2.75) is 26.2 Å². The molecule has 0 atom stereocenters. The summed E-state index contributed by atoms with van der Waals surface area (Å²) in [6.07, 6.45) is 3.45. The van der Waals surface area contributed by atoms with Gasteiger partial charge in [0, 0.05) is 29.3 Å². The zero-order valence-corrected chi connectivity index (χ0v) is 14.8. The Morgan fingerprint density at radius 3 is 2.54 bits per heavy atom. The molecule has 26 heavy (non-hydrogen) atoms. The number of carbonyl (C=O) groups excluding carboxylic acids is 2. The van der Waals surface area contributed by atoms with Gasteiger partial charge in [-0.3, -0.25) is 9.59 Å². The number of nitrogens with one attached hydrogen (secondary N) is 3. The van der Waals surface area contributed by atoms with Gasteiger partial charge in [0.15, 0.2) is 0 Å².